The van der Waals surface area contributed by atoms with E-state index in [2.05, 4.69) is 0 Å². The summed E-state index contributed by atoms with van der Waals surface area (Å²) in [5.41, 5.74) is -0.614. The smallest absolute Gasteiger partial charge is 0.410 e. The summed E-state index contributed by atoms with van der Waals surface area (Å²) in [6.07, 6.45) is 2.03. The van der Waals surface area contributed by atoms with Gasteiger partial charge in [-0.25, -0.2) is 4.79 Å². The number of esters is 1. The molecule has 0 aliphatic carbocycles. The molecule has 6 heteroatoms. The molecule has 23 heavy (non-hydrogen) atoms. The molecule has 1 saturated heterocycles. The highest BCUT2D eigenvalue weighted by molar-refractivity contribution is 6.01. The average Bonchev–Trinajstić information content (AvgIpc) is 2.44. The van der Waals surface area contributed by atoms with Gasteiger partial charge in [0.25, 0.3) is 0 Å². The number of ether oxygens (including phenoxy) is 2. The van der Waals surface area contributed by atoms with Gasteiger partial charge in [-0.05, 0) is 34.1 Å². The molecule has 1 heterocycles. The van der Waals surface area contributed by atoms with Crippen LogP contribution in [0.4, 0.5) is 4.79 Å². The Bertz CT molecular complexity index is 441. The standard InChI is InChI=1S/C17H29NO5/c1-6-8-9-12-10-18(16(21)23-17(3,4)5)11-13(14(12)19)15(20)22-7-2/h12-13H,6-11H2,1-5H3. The summed E-state index contributed by atoms with van der Waals surface area (Å²) in [6.45, 7) is 9.67. The Balaban J connectivity index is 2.89. The molecule has 1 aliphatic heterocycles. The van der Waals surface area contributed by atoms with Crippen LogP contribution >= 0.6 is 0 Å². The molecule has 0 bridgehead atoms. The van der Waals surface area contributed by atoms with Gasteiger partial charge in [0.2, 0.25) is 0 Å². The highest BCUT2D eigenvalue weighted by atomic mass is 16.6. The maximum absolute atomic E-state index is 12.5. The predicted molar refractivity (Wildman–Crippen MR) is 86.0 cm³/mol. The van der Waals surface area contributed by atoms with E-state index in [0.717, 1.165) is 12.8 Å². The van der Waals surface area contributed by atoms with Crippen LogP contribution < -0.4 is 0 Å². The Morgan fingerprint density at radius 2 is 1.87 bits per heavy atom. The maximum Gasteiger partial charge on any atom is 0.410 e. The van der Waals surface area contributed by atoms with Gasteiger partial charge in [0.15, 0.2) is 5.78 Å². The monoisotopic (exact) mass is 327 g/mol. The first kappa shape index (κ1) is 19.5. The molecule has 2 unspecified atom stereocenters. The van der Waals surface area contributed by atoms with Crippen molar-refractivity contribution in [2.45, 2.75) is 59.5 Å². The minimum atomic E-state index is -0.905. The van der Waals surface area contributed by atoms with E-state index in [0.29, 0.717) is 13.0 Å². The molecular weight excluding hydrogens is 298 g/mol. The number of rotatable bonds is 5. The second-order valence-corrected chi connectivity index (χ2v) is 6.93. The molecule has 0 saturated carbocycles. The zero-order valence-electron chi connectivity index (χ0n) is 14.9. The zero-order chi connectivity index (χ0) is 17.6. The Hall–Kier alpha value is -1.59. The summed E-state index contributed by atoms with van der Waals surface area (Å²) in [5.74, 6) is -1.90. The van der Waals surface area contributed by atoms with Gasteiger partial charge in [-0.1, -0.05) is 19.8 Å². The van der Waals surface area contributed by atoms with Crippen LogP contribution in [-0.4, -0.2) is 48.0 Å². The summed E-state index contributed by atoms with van der Waals surface area (Å²) in [7, 11) is 0. The summed E-state index contributed by atoms with van der Waals surface area (Å²) in [5, 5.41) is 0. The number of amides is 1. The summed E-state index contributed by atoms with van der Waals surface area (Å²) < 4.78 is 10.4. The number of piperidine rings is 1. The van der Waals surface area contributed by atoms with Crippen LogP contribution in [0.15, 0.2) is 0 Å². The zero-order valence-corrected chi connectivity index (χ0v) is 14.9. The number of ketones is 1. The number of hydrogen-bond acceptors (Lipinski definition) is 5. The first-order valence-electron chi connectivity index (χ1n) is 8.37. The second-order valence-electron chi connectivity index (χ2n) is 6.93. The van der Waals surface area contributed by atoms with Crippen molar-refractivity contribution in [3.63, 3.8) is 0 Å². The lowest BCUT2D eigenvalue weighted by molar-refractivity contribution is -0.155. The Labute approximate surface area is 138 Å². The largest absolute Gasteiger partial charge is 0.465 e. The molecular formula is C17H29NO5. The molecule has 1 rings (SSSR count). The van der Waals surface area contributed by atoms with E-state index in [4.69, 9.17) is 9.47 Å². The van der Waals surface area contributed by atoms with Crippen LogP contribution in [0.3, 0.4) is 0 Å². The van der Waals surface area contributed by atoms with Gasteiger partial charge in [0, 0.05) is 19.0 Å². The van der Waals surface area contributed by atoms with Gasteiger partial charge in [0.05, 0.1) is 6.61 Å². The van der Waals surface area contributed by atoms with Gasteiger partial charge in [0.1, 0.15) is 11.5 Å². The first-order valence-corrected chi connectivity index (χ1v) is 8.37. The van der Waals surface area contributed by atoms with Crippen molar-refractivity contribution >= 4 is 17.8 Å². The van der Waals surface area contributed by atoms with Gasteiger partial charge in [-0.15, -0.1) is 0 Å². The van der Waals surface area contributed by atoms with Gasteiger partial charge in [-0.2, -0.15) is 0 Å². The average molecular weight is 327 g/mol. The highest BCUT2D eigenvalue weighted by Gasteiger charge is 2.42. The van der Waals surface area contributed by atoms with E-state index in [1.807, 2.05) is 6.92 Å². The number of likely N-dealkylation sites (tertiary alicyclic amines) is 1. The third-order valence-electron chi connectivity index (χ3n) is 3.72. The quantitative estimate of drug-likeness (QED) is 0.573. The van der Waals surface area contributed by atoms with Crippen molar-refractivity contribution in [1.29, 1.82) is 0 Å². The molecule has 1 aliphatic rings. The van der Waals surface area contributed by atoms with Crippen LogP contribution in [0.2, 0.25) is 0 Å². The molecule has 132 valence electrons. The molecule has 6 nitrogen and oxygen atoms in total. The Morgan fingerprint density at radius 1 is 1.22 bits per heavy atom. The topological polar surface area (TPSA) is 72.9 Å². The van der Waals surface area contributed by atoms with Crippen LogP contribution in [0, 0.1) is 11.8 Å². The second kappa shape index (κ2) is 8.31. The van der Waals surface area contributed by atoms with E-state index in [9.17, 15) is 14.4 Å². The number of Topliss-reactive ketones (excluding diaryl/α,β-unsaturated/α-hetero) is 1. The van der Waals surface area contributed by atoms with Crippen molar-refractivity contribution in [1.82, 2.24) is 4.90 Å². The van der Waals surface area contributed by atoms with E-state index < -0.39 is 23.6 Å². The summed E-state index contributed by atoms with van der Waals surface area (Å²) >= 11 is 0. The fourth-order valence-corrected chi connectivity index (χ4v) is 2.62. The van der Waals surface area contributed by atoms with Crippen molar-refractivity contribution in [3.05, 3.63) is 0 Å². The van der Waals surface area contributed by atoms with E-state index in [1.165, 1.54) is 4.90 Å². The maximum atomic E-state index is 12.5. The van der Waals surface area contributed by atoms with Gasteiger partial charge < -0.3 is 14.4 Å². The lowest BCUT2D eigenvalue weighted by Crippen LogP contribution is -2.53. The molecule has 0 aromatic rings. The van der Waals surface area contributed by atoms with E-state index >= 15 is 0 Å². The van der Waals surface area contributed by atoms with Crippen molar-refractivity contribution in [3.8, 4) is 0 Å². The van der Waals surface area contributed by atoms with Gasteiger partial charge in [-0.3, -0.25) is 9.59 Å². The Kier molecular flexibility index (Phi) is 7.03. The number of carbonyl (C=O) groups is 3. The molecule has 1 amide bonds. The summed E-state index contributed by atoms with van der Waals surface area (Å²) in [6, 6.07) is 0. The molecule has 1 fully saturated rings. The van der Waals surface area contributed by atoms with Gasteiger partial charge >= 0.3 is 12.1 Å². The lowest BCUT2D eigenvalue weighted by atomic mass is 9.84. The molecule has 0 aromatic carbocycles. The van der Waals surface area contributed by atoms with Crippen LogP contribution in [-0.2, 0) is 19.1 Å². The minimum absolute atomic E-state index is 0.0369. The molecule has 0 radical (unpaired) electrons. The van der Waals surface area contributed by atoms with Crippen LogP contribution in [0.1, 0.15) is 53.9 Å². The SMILES string of the molecule is CCCCC1CN(C(=O)OC(C)(C)C)CC(C(=O)OCC)C1=O. The van der Waals surface area contributed by atoms with Crippen LogP contribution in [0.5, 0.6) is 0 Å². The first-order chi connectivity index (χ1) is 10.7. The number of carbonyl (C=O) groups excluding carboxylic acids is 3. The van der Waals surface area contributed by atoms with Crippen LogP contribution in [0.25, 0.3) is 0 Å². The van der Waals surface area contributed by atoms with E-state index in [-0.39, 0.29) is 24.9 Å². The third kappa shape index (κ3) is 5.84. The lowest BCUT2D eigenvalue weighted by Gasteiger charge is -2.36. The molecule has 0 spiro atoms. The van der Waals surface area contributed by atoms with Crippen molar-refractivity contribution < 1.29 is 23.9 Å². The normalized spacial score (nSPS) is 22.0. The third-order valence-corrected chi connectivity index (χ3v) is 3.72. The number of hydrogen-bond donors (Lipinski definition) is 0. The molecule has 2 atom stereocenters. The summed E-state index contributed by atoms with van der Waals surface area (Å²) in [4.78, 5) is 38.4. The highest BCUT2D eigenvalue weighted by Crippen LogP contribution is 2.25. The number of nitrogens with zero attached hydrogens (tertiary/aromatic N) is 1. The predicted octanol–water partition coefficient (Wildman–Crippen LogP) is 2.79. The van der Waals surface area contributed by atoms with E-state index in [1.54, 1.807) is 27.7 Å². The molecule has 0 N–H and O–H groups in total. The van der Waals surface area contributed by atoms with Crippen molar-refractivity contribution in [2.24, 2.45) is 11.8 Å². The number of unbranched alkanes of at least 4 members (excludes halogenated alkanes) is 1. The fourth-order valence-electron chi connectivity index (χ4n) is 2.62. The minimum Gasteiger partial charge on any atom is -0.465 e. The van der Waals surface area contributed by atoms with Crippen molar-refractivity contribution in [2.75, 3.05) is 19.7 Å². The fraction of sp³-hybridized carbons (Fsp3) is 0.824. The molecule has 0 aromatic heterocycles. The Morgan fingerprint density at radius 3 is 2.39 bits per heavy atom.